The molecule has 6 atom stereocenters. The molecule has 4 rings (SSSR count). The van der Waals surface area contributed by atoms with E-state index in [4.69, 9.17) is 0 Å². The number of carbonyl (C=O) groups excluding carboxylic acids is 6. The van der Waals surface area contributed by atoms with Gasteiger partial charge in [0.15, 0.2) is 0 Å². The Morgan fingerprint density at radius 2 is 1.73 bits per heavy atom. The molecule has 5 N–H and O–H groups in total. The molecule has 1 aliphatic heterocycles. The molecule has 1 aromatic heterocycles. The largest absolute Gasteiger partial charge is 0.347 e. The minimum absolute atomic E-state index is 0.0153. The van der Waals surface area contributed by atoms with Crippen LogP contribution < -0.4 is 21.3 Å². The average Bonchev–Trinajstić information content (AvgIpc) is 3.45. The number of H-pyrrole nitrogens is 1. The summed E-state index contributed by atoms with van der Waals surface area (Å²) >= 11 is 0. The molecule has 3 aliphatic rings. The first-order chi connectivity index (χ1) is 20.8. The van der Waals surface area contributed by atoms with E-state index in [9.17, 15) is 28.8 Å². The number of aromatic nitrogens is 2. The zero-order valence-electron chi connectivity index (χ0n) is 26.4. The predicted octanol–water partition coefficient (Wildman–Crippen LogP) is 1.35. The summed E-state index contributed by atoms with van der Waals surface area (Å²) in [5, 5.41) is 17.3. The van der Waals surface area contributed by atoms with Crippen molar-refractivity contribution in [3.63, 3.8) is 0 Å². The third-order valence-corrected chi connectivity index (χ3v) is 8.88. The molecule has 2 saturated carbocycles. The molecule has 3 fully saturated rings. The number of amides is 5. The highest BCUT2D eigenvalue weighted by Crippen LogP contribution is 2.41. The third kappa shape index (κ3) is 7.84. The second kappa shape index (κ2) is 13.9. The molecular weight excluding hydrogens is 566 g/mol. The van der Waals surface area contributed by atoms with E-state index >= 15 is 0 Å². The predicted molar refractivity (Wildman–Crippen MR) is 161 cm³/mol. The molecule has 242 valence electrons. The van der Waals surface area contributed by atoms with Gasteiger partial charge in [-0.1, -0.05) is 47.0 Å². The fraction of sp³-hybridized carbons (Fsp3) is 0.710. The fourth-order valence-electron chi connectivity index (χ4n) is 6.27. The molecule has 0 aromatic carbocycles. The van der Waals surface area contributed by atoms with Crippen LogP contribution in [-0.2, 0) is 24.0 Å². The van der Waals surface area contributed by atoms with Gasteiger partial charge >= 0.3 is 0 Å². The van der Waals surface area contributed by atoms with E-state index in [1.165, 1.54) is 19.2 Å². The van der Waals surface area contributed by atoms with Gasteiger partial charge < -0.3 is 26.2 Å². The van der Waals surface area contributed by atoms with Crippen molar-refractivity contribution < 1.29 is 28.8 Å². The van der Waals surface area contributed by atoms with Crippen molar-refractivity contribution in [1.29, 1.82) is 0 Å². The number of rotatable bonds is 12. The number of hydrogen-bond acceptors (Lipinski definition) is 7. The number of ketones is 1. The Morgan fingerprint density at radius 1 is 1.02 bits per heavy atom. The number of hydrogen-bond donors (Lipinski definition) is 5. The van der Waals surface area contributed by atoms with Crippen LogP contribution in [0.1, 0.15) is 103 Å². The second-order valence-corrected chi connectivity index (χ2v) is 13.5. The van der Waals surface area contributed by atoms with Crippen LogP contribution in [0.5, 0.6) is 0 Å². The average molecular weight is 614 g/mol. The lowest BCUT2D eigenvalue weighted by atomic mass is 9.83. The Bertz CT molecular complexity index is 1240. The Labute approximate surface area is 258 Å². The van der Waals surface area contributed by atoms with Gasteiger partial charge in [0.2, 0.25) is 23.5 Å². The molecule has 1 saturated heterocycles. The number of nitrogens with one attached hydrogen (secondary N) is 5. The normalized spacial score (nSPS) is 23.5. The van der Waals surface area contributed by atoms with Gasteiger partial charge in [0.1, 0.15) is 23.8 Å². The first-order valence-electron chi connectivity index (χ1n) is 15.9. The summed E-state index contributed by atoms with van der Waals surface area (Å²) in [6.45, 7) is 8.91. The number of fused-ring (bicyclic) bond motifs is 1. The molecule has 2 unspecified atom stereocenters. The van der Waals surface area contributed by atoms with Gasteiger partial charge in [0, 0.05) is 18.3 Å². The van der Waals surface area contributed by atoms with Gasteiger partial charge in [-0.2, -0.15) is 5.10 Å². The van der Waals surface area contributed by atoms with Crippen LogP contribution in [0.2, 0.25) is 0 Å². The highest BCUT2D eigenvalue weighted by atomic mass is 16.2. The molecule has 2 aliphatic carbocycles. The van der Waals surface area contributed by atoms with Crippen LogP contribution in [0, 0.1) is 11.3 Å². The molecule has 13 heteroatoms. The Morgan fingerprint density at radius 3 is 2.34 bits per heavy atom. The van der Waals surface area contributed by atoms with Gasteiger partial charge in [-0.3, -0.25) is 33.9 Å². The van der Waals surface area contributed by atoms with Crippen molar-refractivity contribution in [1.82, 2.24) is 36.4 Å². The zero-order valence-corrected chi connectivity index (χ0v) is 26.4. The third-order valence-electron chi connectivity index (χ3n) is 8.88. The van der Waals surface area contributed by atoms with Crippen molar-refractivity contribution in [2.75, 3.05) is 0 Å². The van der Waals surface area contributed by atoms with Crippen molar-refractivity contribution in [3.05, 3.63) is 18.0 Å². The summed E-state index contributed by atoms with van der Waals surface area (Å²) in [7, 11) is 0. The van der Waals surface area contributed by atoms with Crippen LogP contribution in [0.15, 0.2) is 12.3 Å². The highest BCUT2D eigenvalue weighted by Gasteiger charge is 2.51. The number of nitrogens with zero attached hydrogens (tertiary/aromatic N) is 2. The van der Waals surface area contributed by atoms with Crippen LogP contribution >= 0.6 is 0 Å². The van der Waals surface area contributed by atoms with Crippen molar-refractivity contribution in [3.8, 4) is 0 Å². The van der Waals surface area contributed by atoms with Crippen LogP contribution in [-0.4, -0.2) is 86.7 Å². The van der Waals surface area contributed by atoms with Crippen LogP contribution in [0.25, 0.3) is 0 Å². The standard InChI is InChI=1S/C31H47N7O6/c1-6-9-20(24(39)29(43)34-19-12-13-19)35-28(42)23-16-18-10-7-8-11-22(18)38(23)30(44)25(31(3,4)5)36-26(40)17(2)33-27(41)21-14-15-32-37-21/h14-15,17-20,22-23,25H,6-13,16H2,1-5H3,(H,32,37)(H,33,41)(H,34,43)(H,35,42)(H,36,40)/t17-,18?,20-,22?,23-,25+/m0/s1. The lowest BCUT2D eigenvalue weighted by molar-refractivity contribution is -0.147. The van der Waals surface area contributed by atoms with E-state index in [0.29, 0.717) is 19.3 Å². The summed E-state index contributed by atoms with van der Waals surface area (Å²) < 4.78 is 0. The first kappa shape index (κ1) is 33.1. The summed E-state index contributed by atoms with van der Waals surface area (Å²) in [6.07, 6.45) is 7.98. The fourth-order valence-corrected chi connectivity index (χ4v) is 6.27. The van der Waals surface area contributed by atoms with E-state index in [0.717, 1.165) is 38.5 Å². The minimum atomic E-state index is -0.991. The number of Topliss-reactive ketones (excluding diaryl/α,β-unsaturated/α-hetero) is 1. The monoisotopic (exact) mass is 613 g/mol. The Kier molecular flexibility index (Phi) is 10.5. The number of likely N-dealkylation sites (tertiary alicyclic amines) is 1. The van der Waals surface area contributed by atoms with Gasteiger partial charge in [0.25, 0.3) is 11.8 Å². The van der Waals surface area contributed by atoms with Gasteiger partial charge in [-0.05, 0) is 62.8 Å². The smallest absolute Gasteiger partial charge is 0.289 e. The summed E-state index contributed by atoms with van der Waals surface area (Å²) in [4.78, 5) is 81.2. The molecule has 1 aromatic rings. The molecule has 13 nitrogen and oxygen atoms in total. The van der Waals surface area contributed by atoms with E-state index in [-0.39, 0.29) is 29.6 Å². The zero-order chi connectivity index (χ0) is 32.2. The summed E-state index contributed by atoms with van der Waals surface area (Å²) in [5.74, 6) is -3.13. The molecular formula is C31H47N7O6. The van der Waals surface area contributed by atoms with E-state index in [1.807, 2.05) is 27.7 Å². The van der Waals surface area contributed by atoms with Crippen LogP contribution in [0.4, 0.5) is 0 Å². The molecule has 44 heavy (non-hydrogen) atoms. The highest BCUT2D eigenvalue weighted by molar-refractivity contribution is 6.38. The van der Waals surface area contributed by atoms with Crippen LogP contribution in [0.3, 0.4) is 0 Å². The number of aromatic amines is 1. The first-order valence-corrected chi connectivity index (χ1v) is 15.9. The quantitative estimate of drug-likeness (QED) is 0.221. The van der Waals surface area contributed by atoms with Gasteiger partial charge in [-0.15, -0.1) is 0 Å². The van der Waals surface area contributed by atoms with E-state index in [1.54, 1.807) is 4.90 Å². The topological polar surface area (TPSA) is 182 Å². The maximum absolute atomic E-state index is 14.4. The summed E-state index contributed by atoms with van der Waals surface area (Å²) in [6, 6.07) is -2.44. The number of carbonyl (C=O) groups is 6. The lowest BCUT2D eigenvalue weighted by Gasteiger charge is -2.40. The van der Waals surface area contributed by atoms with E-state index in [2.05, 4.69) is 31.5 Å². The Hall–Kier alpha value is -3.77. The lowest BCUT2D eigenvalue weighted by Crippen LogP contribution is -2.62. The summed E-state index contributed by atoms with van der Waals surface area (Å²) in [5.41, 5.74) is -0.526. The van der Waals surface area contributed by atoms with E-state index < -0.39 is 59.0 Å². The van der Waals surface area contributed by atoms with Gasteiger partial charge in [0.05, 0.1) is 6.04 Å². The van der Waals surface area contributed by atoms with Gasteiger partial charge in [-0.25, -0.2) is 0 Å². The molecule has 2 heterocycles. The molecule has 0 spiro atoms. The van der Waals surface area contributed by atoms with Crippen molar-refractivity contribution >= 4 is 35.3 Å². The minimum Gasteiger partial charge on any atom is -0.347 e. The maximum atomic E-state index is 14.4. The van der Waals surface area contributed by atoms with Crippen molar-refractivity contribution in [2.45, 2.75) is 129 Å². The SMILES string of the molecule is CCC[C@H](NC(=O)[C@@H]1CC2CCCCC2N1C(=O)[C@@H](NC(=O)[C@H](C)NC(=O)c1ccn[nH]1)C(C)(C)C)C(=O)C(=O)NC1CC1. The molecule has 5 amide bonds. The molecule has 0 radical (unpaired) electrons. The Balaban J connectivity index is 1.52. The maximum Gasteiger partial charge on any atom is 0.289 e. The molecule has 0 bridgehead atoms. The second-order valence-electron chi connectivity index (χ2n) is 13.5. The van der Waals surface area contributed by atoms with Crippen molar-refractivity contribution in [2.24, 2.45) is 11.3 Å².